The summed E-state index contributed by atoms with van der Waals surface area (Å²) in [6.07, 6.45) is 3.65. The number of hydrogen-bond acceptors (Lipinski definition) is 4. The number of halogens is 1. The van der Waals surface area contributed by atoms with Gasteiger partial charge >= 0.3 is 0 Å². The zero-order chi connectivity index (χ0) is 14.3. The number of H-pyrrole nitrogens is 1. The zero-order valence-corrected chi connectivity index (χ0v) is 13.9. The summed E-state index contributed by atoms with van der Waals surface area (Å²) in [5.41, 5.74) is 0.208. The molecule has 0 aliphatic rings. The summed E-state index contributed by atoms with van der Waals surface area (Å²) in [5, 5.41) is 10.3. The Labute approximate surface area is 130 Å². The van der Waals surface area contributed by atoms with Crippen LogP contribution >= 0.6 is 11.8 Å². The van der Waals surface area contributed by atoms with Gasteiger partial charge in [0, 0.05) is 0 Å². The molecule has 0 saturated carbocycles. The van der Waals surface area contributed by atoms with Crippen molar-refractivity contribution in [3.8, 4) is 5.88 Å². The van der Waals surface area contributed by atoms with Crippen LogP contribution in [0.5, 0.6) is 5.88 Å². The summed E-state index contributed by atoms with van der Waals surface area (Å²) in [5.74, 6) is 0.749. The minimum atomic E-state index is -0.205. The summed E-state index contributed by atoms with van der Waals surface area (Å²) < 4.78 is 0. The van der Waals surface area contributed by atoms with Crippen molar-refractivity contribution in [3.05, 3.63) is 15.9 Å². The fourth-order valence-electron chi connectivity index (χ4n) is 1.66. The van der Waals surface area contributed by atoms with E-state index in [1.807, 2.05) is 0 Å². The SMILES string of the molecule is CCCCCc1c(O)nc(SCC[NH+](C)C)[nH]c1=O.[Cl-]. The molecule has 5 nitrogen and oxygen atoms in total. The molecule has 0 radical (unpaired) electrons. The molecule has 0 fully saturated rings. The first-order valence-electron chi connectivity index (χ1n) is 6.78. The molecule has 20 heavy (non-hydrogen) atoms. The highest BCUT2D eigenvalue weighted by Gasteiger charge is 2.10. The van der Waals surface area contributed by atoms with Gasteiger partial charge in [0.15, 0.2) is 5.16 Å². The van der Waals surface area contributed by atoms with Gasteiger partial charge in [-0.05, 0) is 12.8 Å². The molecule has 0 atom stereocenters. The van der Waals surface area contributed by atoms with Crippen LogP contribution in [-0.2, 0) is 6.42 Å². The molecule has 1 aromatic rings. The number of thioether (sulfide) groups is 1. The van der Waals surface area contributed by atoms with E-state index in [9.17, 15) is 9.90 Å². The zero-order valence-electron chi connectivity index (χ0n) is 12.3. The third-order valence-electron chi connectivity index (χ3n) is 2.84. The highest BCUT2D eigenvalue weighted by molar-refractivity contribution is 7.99. The molecule has 3 N–H and O–H groups in total. The van der Waals surface area contributed by atoms with Crippen molar-refractivity contribution in [1.82, 2.24) is 9.97 Å². The monoisotopic (exact) mass is 321 g/mol. The highest BCUT2D eigenvalue weighted by atomic mass is 35.5. The van der Waals surface area contributed by atoms with Crippen LogP contribution in [0.4, 0.5) is 0 Å². The minimum absolute atomic E-state index is 0. The first-order chi connectivity index (χ1) is 9.04. The van der Waals surface area contributed by atoms with Gasteiger partial charge in [-0.25, -0.2) is 0 Å². The molecule has 0 saturated heterocycles. The lowest BCUT2D eigenvalue weighted by molar-refractivity contribution is -0.855. The molecular weight excluding hydrogens is 298 g/mol. The predicted octanol–water partition coefficient (Wildman–Crippen LogP) is -2.55. The molecule has 0 amide bonds. The summed E-state index contributed by atoms with van der Waals surface area (Å²) >= 11 is 1.47. The first kappa shape index (κ1) is 19.3. The van der Waals surface area contributed by atoms with Crippen molar-refractivity contribution in [2.45, 2.75) is 37.8 Å². The van der Waals surface area contributed by atoms with Crippen LogP contribution in [-0.4, -0.2) is 41.5 Å². The molecule has 0 aliphatic carbocycles. The lowest BCUT2D eigenvalue weighted by atomic mass is 10.1. The molecule has 1 heterocycles. The molecule has 0 spiro atoms. The van der Waals surface area contributed by atoms with Gasteiger partial charge in [0.1, 0.15) is 0 Å². The van der Waals surface area contributed by atoms with E-state index in [0.29, 0.717) is 17.1 Å². The van der Waals surface area contributed by atoms with E-state index in [4.69, 9.17) is 0 Å². The fourth-order valence-corrected chi connectivity index (χ4v) is 2.68. The second-order valence-corrected chi connectivity index (χ2v) is 6.02. The Kier molecular flexibility index (Phi) is 9.71. The third-order valence-corrected chi connectivity index (χ3v) is 3.72. The van der Waals surface area contributed by atoms with Crippen LogP contribution in [0.2, 0.25) is 0 Å². The Morgan fingerprint density at radius 2 is 2.05 bits per heavy atom. The van der Waals surface area contributed by atoms with E-state index in [-0.39, 0.29) is 23.8 Å². The summed E-state index contributed by atoms with van der Waals surface area (Å²) in [6.45, 7) is 3.09. The van der Waals surface area contributed by atoms with E-state index in [1.54, 1.807) is 0 Å². The Morgan fingerprint density at radius 1 is 1.35 bits per heavy atom. The van der Waals surface area contributed by atoms with E-state index in [1.165, 1.54) is 16.7 Å². The van der Waals surface area contributed by atoms with Gasteiger partial charge in [-0.3, -0.25) is 4.79 Å². The average molecular weight is 322 g/mol. The maximum atomic E-state index is 11.9. The van der Waals surface area contributed by atoms with Crippen molar-refractivity contribution in [2.24, 2.45) is 0 Å². The molecule has 1 rings (SSSR count). The minimum Gasteiger partial charge on any atom is -1.00 e. The van der Waals surface area contributed by atoms with Gasteiger partial charge in [0.05, 0.1) is 32.0 Å². The van der Waals surface area contributed by atoms with Crippen LogP contribution in [0, 0.1) is 0 Å². The molecular formula is C13H24ClN3O2S. The summed E-state index contributed by atoms with van der Waals surface area (Å²) in [7, 11) is 4.15. The maximum Gasteiger partial charge on any atom is 0.258 e. The van der Waals surface area contributed by atoms with Crippen molar-refractivity contribution in [2.75, 3.05) is 26.4 Å². The van der Waals surface area contributed by atoms with Crippen molar-refractivity contribution in [3.63, 3.8) is 0 Å². The summed E-state index contributed by atoms with van der Waals surface area (Å²) in [4.78, 5) is 20.0. The predicted molar refractivity (Wildman–Crippen MR) is 78.2 cm³/mol. The van der Waals surface area contributed by atoms with Crippen LogP contribution in [0.3, 0.4) is 0 Å². The quantitative estimate of drug-likeness (QED) is 0.280. The average Bonchev–Trinajstić information content (AvgIpc) is 2.32. The lowest BCUT2D eigenvalue weighted by Crippen LogP contribution is -3.06. The van der Waals surface area contributed by atoms with E-state index in [2.05, 4.69) is 31.0 Å². The summed E-state index contributed by atoms with van der Waals surface area (Å²) in [6, 6.07) is 0. The van der Waals surface area contributed by atoms with E-state index >= 15 is 0 Å². The topological polar surface area (TPSA) is 70.4 Å². The largest absolute Gasteiger partial charge is 1.00 e. The van der Waals surface area contributed by atoms with Crippen molar-refractivity contribution < 1.29 is 22.4 Å². The maximum absolute atomic E-state index is 11.9. The van der Waals surface area contributed by atoms with Gasteiger partial charge < -0.3 is 27.4 Å². The molecule has 0 aromatic carbocycles. The Bertz CT molecular complexity index is 452. The highest BCUT2D eigenvalue weighted by Crippen LogP contribution is 2.17. The second-order valence-electron chi connectivity index (χ2n) is 4.94. The number of quaternary nitrogens is 1. The standard InChI is InChI=1S/C13H23N3O2S.ClH/c1-4-5-6-7-10-11(17)14-13(15-12(10)18)19-9-8-16(2)3;/h4-9H2,1-3H3,(H2,14,15,17,18);1H. The third kappa shape index (κ3) is 6.63. The van der Waals surface area contributed by atoms with Gasteiger partial charge in [0.2, 0.25) is 5.88 Å². The van der Waals surface area contributed by atoms with E-state index < -0.39 is 0 Å². The smallest absolute Gasteiger partial charge is 0.258 e. The Hall–Kier alpha value is -0.720. The molecule has 7 heteroatoms. The number of rotatable bonds is 8. The molecule has 1 aromatic heterocycles. The van der Waals surface area contributed by atoms with Gasteiger partial charge in [-0.15, -0.1) is 0 Å². The van der Waals surface area contributed by atoms with Crippen molar-refractivity contribution in [1.29, 1.82) is 0 Å². The second kappa shape index (κ2) is 10.1. The normalized spacial score (nSPS) is 10.6. The van der Waals surface area contributed by atoms with Crippen LogP contribution < -0.4 is 22.9 Å². The fraction of sp³-hybridized carbons (Fsp3) is 0.692. The number of aromatic amines is 1. The molecule has 0 unspecified atom stereocenters. The van der Waals surface area contributed by atoms with Gasteiger partial charge in [0.25, 0.3) is 5.56 Å². The molecule has 0 bridgehead atoms. The number of aromatic hydroxyl groups is 1. The number of aromatic nitrogens is 2. The molecule has 0 aliphatic heterocycles. The first-order valence-corrected chi connectivity index (χ1v) is 7.77. The number of nitrogens with one attached hydrogen (secondary N) is 2. The Balaban J connectivity index is 0.00000361. The lowest BCUT2D eigenvalue weighted by Gasteiger charge is -2.07. The van der Waals surface area contributed by atoms with Crippen LogP contribution in [0.25, 0.3) is 0 Å². The van der Waals surface area contributed by atoms with Crippen LogP contribution in [0.15, 0.2) is 9.95 Å². The van der Waals surface area contributed by atoms with Crippen molar-refractivity contribution >= 4 is 11.8 Å². The van der Waals surface area contributed by atoms with Crippen LogP contribution in [0.1, 0.15) is 31.7 Å². The number of unbranched alkanes of at least 4 members (excludes halogenated alkanes) is 2. The van der Waals surface area contributed by atoms with Gasteiger partial charge in [-0.2, -0.15) is 4.98 Å². The Morgan fingerprint density at radius 3 is 2.60 bits per heavy atom. The number of hydrogen-bond donors (Lipinski definition) is 3. The molecule has 116 valence electrons. The van der Waals surface area contributed by atoms with E-state index in [0.717, 1.165) is 31.6 Å². The van der Waals surface area contributed by atoms with Gasteiger partial charge in [-0.1, -0.05) is 31.5 Å². The number of nitrogens with zero attached hydrogens (tertiary/aromatic N) is 1.